The van der Waals surface area contributed by atoms with Crippen LogP contribution in [0.1, 0.15) is 15.9 Å². The zero-order valence-electron chi connectivity index (χ0n) is 20.1. The lowest BCUT2D eigenvalue weighted by atomic mass is 9.98. The van der Waals surface area contributed by atoms with E-state index in [2.05, 4.69) is 28.8 Å². The lowest BCUT2D eigenvalue weighted by Crippen LogP contribution is -2.31. The molecule has 0 aliphatic carbocycles. The predicted octanol–water partition coefficient (Wildman–Crippen LogP) is 6.39. The molecule has 1 amide bonds. The second-order valence-electron chi connectivity index (χ2n) is 7.65. The molecule has 0 spiro atoms. The van der Waals surface area contributed by atoms with Gasteiger partial charge in [-0.15, -0.1) is 0 Å². The number of pyridine rings is 1. The van der Waals surface area contributed by atoms with Crippen molar-refractivity contribution in [1.29, 1.82) is 0 Å². The van der Waals surface area contributed by atoms with Crippen molar-refractivity contribution in [3.05, 3.63) is 93.6 Å². The van der Waals surface area contributed by atoms with Gasteiger partial charge in [0.1, 0.15) is 29.5 Å². The Balaban J connectivity index is 0.000000214. The highest BCUT2D eigenvalue weighted by Gasteiger charge is 2.17. The Hall–Kier alpha value is -3.75. The maximum atomic E-state index is 13.1. The monoisotopic (exact) mass is 546 g/mol. The summed E-state index contributed by atoms with van der Waals surface area (Å²) in [6.07, 6.45) is 1.79. The summed E-state index contributed by atoms with van der Waals surface area (Å²) in [5, 5.41) is 4.12. The second kappa shape index (κ2) is 12.5. The molecule has 0 unspecified atom stereocenters. The van der Waals surface area contributed by atoms with Crippen molar-refractivity contribution in [1.82, 2.24) is 10.3 Å². The van der Waals surface area contributed by atoms with Crippen LogP contribution in [0.5, 0.6) is 5.75 Å². The highest BCUT2D eigenvalue weighted by molar-refractivity contribution is 6.42. The molecule has 0 saturated carbocycles. The third kappa shape index (κ3) is 6.53. The number of nitrogens with one attached hydrogen (secondary N) is 1. The third-order valence-electron chi connectivity index (χ3n) is 5.33. The first-order valence-electron chi connectivity index (χ1n) is 10.8. The Bertz CT molecular complexity index is 1440. The Labute approximate surface area is 222 Å². The highest BCUT2D eigenvalue weighted by atomic mass is 35.5. The predicted molar refractivity (Wildman–Crippen MR) is 139 cm³/mol. The molecule has 1 heterocycles. The van der Waals surface area contributed by atoms with Crippen LogP contribution in [0.2, 0.25) is 10.0 Å². The van der Waals surface area contributed by atoms with Crippen LogP contribution in [0.4, 0.5) is 8.78 Å². The number of hydrogen-bond donors (Lipinski definition) is 1. The van der Waals surface area contributed by atoms with Gasteiger partial charge in [0, 0.05) is 28.8 Å². The molecule has 10 heteroatoms. The van der Waals surface area contributed by atoms with Gasteiger partial charge in [0.05, 0.1) is 29.8 Å². The fourth-order valence-corrected chi connectivity index (χ4v) is 3.79. The third-order valence-corrected chi connectivity index (χ3v) is 6.05. The molecule has 4 aromatic rings. The van der Waals surface area contributed by atoms with Gasteiger partial charge < -0.3 is 14.8 Å². The summed E-state index contributed by atoms with van der Waals surface area (Å²) in [6.45, 7) is 1.63. The SMILES string of the molecule is COC(=O)CNC(=O)c1c(F)cccc1F.COc1cc(Cl)c(Cl)cc1-c1ccc(C)c2cccnc12. The van der Waals surface area contributed by atoms with Gasteiger partial charge >= 0.3 is 5.97 Å². The topological polar surface area (TPSA) is 77.5 Å². The number of amides is 1. The molecule has 0 radical (unpaired) electrons. The van der Waals surface area contributed by atoms with E-state index in [0.717, 1.165) is 47.3 Å². The summed E-state index contributed by atoms with van der Waals surface area (Å²) in [7, 11) is 2.76. The molecular weight excluding hydrogens is 525 g/mol. The van der Waals surface area contributed by atoms with Crippen molar-refractivity contribution in [2.75, 3.05) is 20.8 Å². The zero-order chi connectivity index (χ0) is 27.1. The number of rotatable bonds is 5. The van der Waals surface area contributed by atoms with Gasteiger partial charge in [-0.1, -0.05) is 47.5 Å². The number of carbonyl (C=O) groups is 2. The number of ether oxygens (including phenoxy) is 2. The Kier molecular flexibility index (Phi) is 9.38. The van der Waals surface area contributed by atoms with Crippen LogP contribution in [0, 0.1) is 18.6 Å². The van der Waals surface area contributed by atoms with Gasteiger partial charge in [-0.2, -0.15) is 0 Å². The largest absolute Gasteiger partial charge is 0.496 e. The molecule has 0 atom stereocenters. The number of aryl methyl sites for hydroxylation is 1. The molecular formula is C27H22Cl2F2N2O4. The first-order valence-corrected chi connectivity index (χ1v) is 11.6. The Morgan fingerprint density at radius 1 is 0.946 bits per heavy atom. The molecule has 0 aliphatic heterocycles. The van der Waals surface area contributed by atoms with Gasteiger partial charge in [0.2, 0.25) is 0 Å². The van der Waals surface area contributed by atoms with Gasteiger partial charge in [0.25, 0.3) is 5.91 Å². The molecule has 3 aromatic carbocycles. The molecule has 0 bridgehead atoms. The Morgan fingerprint density at radius 3 is 2.27 bits per heavy atom. The van der Waals surface area contributed by atoms with Crippen LogP contribution in [0.25, 0.3) is 22.0 Å². The smallest absolute Gasteiger partial charge is 0.325 e. The average molecular weight is 547 g/mol. The van der Waals surface area contributed by atoms with Crippen molar-refractivity contribution in [2.45, 2.75) is 6.92 Å². The summed E-state index contributed by atoms with van der Waals surface area (Å²) in [4.78, 5) is 26.5. The number of esters is 1. The Morgan fingerprint density at radius 2 is 1.62 bits per heavy atom. The highest BCUT2D eigenvalue weighted by Crippen LogP contribution is 2.39. The van der Waals surface area contributed by atoms with E-state index < -0.39 is 35.6 Å². The maximum Gasteiger partial charge on any atom is 0.325 e. The number of fused-ring (bicyclic) bond motifs is 1. The standard InChI is InChI=1S/C17H13Cl2NO.C10H9F2NO3/c1-10-5-6-12(17-11(10)4-3-7-20-17)13-8-14(18)15(19)9-16(13)21-2;1-16-8(14)5-13-10(15)9-6(11)3-2-4-7(9)12/h3-9H,1-2H3;2-4H,5H2,1H3,(H,13,15). The van der Waals surface area contributed by atoms with E-state index in [4.69, 9.17) is 27.9 Å². The molecule has 4 rings (SSSR count). The van der Waals surface area contributed by atoms with Crippen molar-refractivity contribution < 1.29 is 27.8 Å². The molecule has 0 fully saturated rings. The molecule has 192 valence electrons. The van der Waals surface area contributed by atoms with Crippen molar-refractivity contribution in [2.24, 2.45) is 0 Å². The normalized spacial score (nSPS) is 10.4. The van der Waals surface area contributed by atoms with Gasteiger partial charge in [-0.25, -0.2) is 8.78 Å². The van der Waals surface area contributed by atoms with Crippen molar-refractivity contribution in [3.63, 3.8) is 0 Å². The quantitative estimate of drug-likeness (QED) is 0.293. The van der Waals surface area contributed by atoms with Crippen LogP contribution >= 0.6 is 23.2 Å². The van der Waals surface area contributed by atoms with E-state index in [1.165, 1.54) is 5.56 Å². The lowest BCUT2D eigenvalue weighted by Gasteiger charge is -2.13. The van der Waals surface area contributed by atoms with Crippen LogP contribution in [0.3, 0.4) is 0 Å². The van der Waals surface area contributed by atoms with Crippen molar-refractivity contribution >= 4 is 46.0 Å². The van der Waals surface area contributed by atoms with Gasteiger partial charge in [0.15, 0.2) is 0 Å². The van der Waals surface area contributed by atoms with Gasteiger partial charge in [-0.05, 0) is 36.8 Å². The van der Waals surface area contributed by atoms with E-state index in [9.17, 15) is 18.4 Å². The lowest BCUT2D eigenvalue weighted by molar-refractivity contribution is -0.139. The minimum absolute atomic E-state index is 0.441. The molecule has 1 N–H and O–H groups in total. The van der Waals surface area contributed by atoms with E-state index in [-0.39, 0.29) is 0 Å². The number of carbonyl (C=O) groups excluding carboxylic acids is 2. The number of halogens is 4. The summed E-state index contributed by atoms with van der Waals surface area (Å²) in [6, 6.07) is 14.7. The number of hydrogen-bond acceptors (Lipinski definition) is 5. The van der Waals surface area contributed by atoms with E-state index >= 15 is 0 Å². The van der Waals surface area contributed by atoms with Crippen LogP contribution in [-0.4, -0.2) is 37.6 Å². The second-order valence-corrected chi connectivity index (χ2v) is 8.47. The molecule has 0 aliphatic rings. The first kappa shape index (κ1) is 27.8. The minimum atomic E-state index is -0.999. The number of nitrogens with zero attached hydrogens (tertiary/aromatic N) is 1. The molecule has 37 heavy (non-hydrogen) atoms. The number of benzene rings is 3. The van der Waals surface area contributed by atoms with Crippen LogP contribution in [-0.2, 0) is 9.53 Å². The van der Waals surface area contributed by atoms with E-state index in [0.29, 0.717) is 15.8 Å². The average Bonchev–Trinajstić information content (AvgIpc) is 2.89. The summed E-state index contributed by atoms with van der Waals surface area (Å²) in [5.41, 5.74) is 3.25. The molecule has 1 aromatic heterocycles. The summed E-state index contributed by atoms with van der Waals surface area (Å²) >= 11 is 12.2. The molecule has 0 saturated heterocycles. The van der Waals surface area contributed by atoms with E-state index in [1.54, 1.807) is 19.4 Å². The fraction of sp³-hybridized carbons (Fsp3) is 0.148. The van der Waals surface area contributed by atoms with Crippen LogP contribution < -0.4 is 10.1 Å². The van der Waals surface area contributed by atoms with Crippen LogP contribution in [0.15, 0.2) is 60.8 Å². The first-order chi connectivity index (χ1) is 17.7. The number of aromatic nitrogens is 1. The maximum absolute atomic E-state index is 13.1. The number of methoxy groups -OCH3 is 2. The molecule has 6 nitrogen and oxygen atoms in total. The minimum Gasteiger partial charge on any atom is -0.496 e. The fourth-order valence-electron chi connectivity index (χ4n) is 3.47. The van der Waals surface area contributed by atoms with Crippen molar-refractivity contribution in [3.8, 4) is 16.9 Å². The van der Waals surface area contributed by atoms with E-state index in [1.807, 2.05) is 23.5 Å². The van der Waals surface area contributed by atoms with Gasteiger partial charge in [-0.3, -0.25) is 14.6 Å². The summed E-state index contributed by atoms with van der Waals surface area (Å²) < 4.78 is 35.9. The summed E-state index contributed by atoms with van der Waals surface area (Å²) in [5.74, 6) is -2.99. The zero-order valence-corrected chi connectivity index (χ0v) is 21.6.